The molecule has 0 radical (unpaired) electrons. The Kier molecular flexibility index (Phi) is 2.33. The Bertz CT molecular complexity index is 712. The zero-order valence-corrected chi connectivity index (χ0v) is 9.71. The Morgan fingerprint density at radius 2 is 2.28 bits per heavy atom. The number of aryl methyl sites for hydroxylation is 1. The van der Waals surface area contributed by atoms with Crippen molar-refractivity contribution in [1.82, 2.24) is 19.7 Å². The first-order chi connectivity index (χ1) is 8.75. The second-order valence-electron chi connectivity index (χ2n) is 3.91. The number of aromatic nitrogens is 4. The van der Waals surface area contributed by atoms with Gasteiger partial charge in [-0.25, -0.2) is 4.68 Å². The third kappa shape index (κ3) is 1.64. The van der Waals surface area contributed by atoms with Gasteiger partial charge in [0.25, 0.3) is 5.91 Å². The van der Waals surface area contributed by atoms with E-state index in [9.17, 15) is 4.79 Å². The Hall–Kier alpha value is -2.63. The first-order valence-corrected chi connectivity index (χ1v) is 5.47. The van der Waals surface area contributed by atoms with Crippen LogP contribution < -0.4 is 5.32 Å². The minimum atomic E-state index is -0.209. The molecule has 2 heterocycles. The summed E-state index contributed by atoms with van der Waals surface area (Å²) in [6.45, 7) is 0. The van der Waals surface area contributed by atoms with Crippen molar-refractivity contribution in [1.29, 1.82) is 0 Å². The van der Waals surface area contributed by atoms with Crippen LogP contribution >= 0.6 is 0 Å². The number of hydrogen-bond acceptors (Lipinski definition) is 3. The summed E-state index contributed by atoms with van der Waals surface area (Å²) in [7, 11) is 1.72. The maximum Gasteiger partial charge on any atom is 0.260 e. The van der Waals surface area contributed by atoms with E-state index in [1.54, 1.807) is 13.1 Å². The molecule has 0 aliphatic carbocycles. The molecule has 3 aromatic rings. The van der Waals surface area contributed by atoms with Crippen molar-refractivity contribution in [3.63, 3.8) is 0 Å². The summed E-state index contributed by atoms with van der Waals surface area (Å²) in [5, 5.41) is 7.62. The second-order valence-corrected chi connectivity index (χ2v) is 3.91. The topological polar surface area (TPSA) is 75.6 Å². The number of nitrogens with zero attached hydrogens (tertiary/aromatic N) is 3. The number of H-pyrrole nitrogens is 1. The summed E-state index contributed by atoms with van der Waals surface area (Å²) in [6, 6.07) is 7.49. The molecule has 1 amide bonds. The zero-order chi connectivity index (χ0) is 12.5. The quantitative estimate of drug-likeness (QED) is 0.714. The fourth-order valence-electron chi connectivity index (χ4n) is 1.85. The van der Waals surface area contributed by atoms with E-state index in [0.29, 0.717) is 11.5 Å². The lowest BCUT2D eigenvalue weighted by molar-refractivity contribution is 0.102. The first kappa shape index (κ1) is 10.5. The van der Waals surface area contributed by atoms with Crippen LogP contribution in [0.3, 0.4) is 0 Å². The van der Waals surface area contributed by atoms with Gasteiger partial charge in [-0.15, -0.1) is 0 Å². The number of amides is 1. The molecule has 0 saturated carbocycles. The van der Waals surface area contributed by atoms with Gasteiger partial charge in [-0.2, -0.15) is 10.1 Å². The molecular weight excluding hydrogens is 230 g/mol. The fourth-order valence-corrected chi connectivity index (χ4v) is 1.85. The van der Waals surface area contributed by atoms with E-state index in [-0.39, 0.29) is 5.91 Å². The van der Waals surface area contributed by atoms with Crippen LogP contribution in [-0.2, 0) is 7.05 Å². The van der Waals surface area contributed by atoms with Crippen molar-refractivity contribution in [2.24, 2.45) is 7.05 Å². The normalized spacial score (nSPS) is 10.7. The van der Waals surface area contributed by atoms with Gasteiger partial charge in [0, 0.05) is 18.6 Å². The van der Waals surface area contributed by atoms with Crippen LogP contribution in [-0.4, -0.2) is 25.7 Å². The monoisotopic (exact) mass is 241 g/mol. The molecule has 0 spiro atoms. The summed E-state index contributed by atoms with van der Waals surface area (Å²) < 4.78 is 1.51. The Labute approximate surface area is 103 Å². The SMILES string of the molecule is Cn1ncnc1NC(=O)c1cccc2cc[nH]c12. The van der Waals surface area contributed by atoms with Crippen molar-refractivity contribution >= 4 is 22.8 Å². The molecule has 0 aliphatic rings. The van der Waals surface area contributed by atoms with E-state index in [1.165, 1.54) is 11.0 Å². The van der Waals surface area contributed by atoms with Gasteiger partial charge in [0.2, 0.25) is 5.95 Å². The molecule has 6 heteroatoms. The van der Waals surface area contributed by atoms with Gasteiger partial charge in [0.05, 0.1) is 11.1 Å². The highest BCUT2D eigenvalue weighted by molar-refractivity contribution is 6.11. The lowest BCUT2D eigenvalue weighted by Gasteiger charge is -2.04. The van der Waals surface area contributed by atoms with Crippen LogP contribution in [0.2, 0.25) is 0 Å². The fraction of sp³-hybridized carbons (Fsp3) is 0.0833. The van der Waals surface area contributed by atoms with E-state index < -0.39 is 0 Å². The predicted octanol–water partition coefficient (Wildman–Crippen LogP) is 1.55. The largest absolute Gasteiger partial charge is 0.361 e. The lowest BCUT2D eigenvalue weighted by Crippen LogP contribution is -2.15. The summed E-state index contributed by atoms with van der Waals surface area (Å²) in [5.41, 5.74) is 1.40. The van der Waals surface area contributed by atoms with Gasteiger partial charge in [0.1, 0.15) is 6.33 Å². The number of rotatable bonds is 2. The Morgan fingerprint density at radius 3 is 3.06 bits per heavy atom. The highest BCUT2D eigenvalue weighted by Crippen LogP contribution is 2.17. The number of anilines is 1. The van der Waals surface area contributed by atoms with E-state index in [2.05, 4.69) is 20.4 Å². The molecule has 2 N–H and O–H groups in total. The molecule has 0 saturated heterocycles. The summed E-state index contributed by atoms with van der Waals surface area (Å²) >= 11 is 0. The molecule has 2 aromatic heterocycles. The van der Waals surface area contributed by atoms with Crippen LogP contribution in [0.4, 0.5) is 5.95 Å². The van der Waals surface area contributed by atoms with Gasteiger partial charge in [0.15, 0.2) is 0 Å². The minimum Gasteiger partial charge on any atom is -0.361 e. The second kappa shape index (κ2) is 3.99. The van der Waals surface area contributed by atoms with E-state index in [0.717, 1.165) is 10.9 Å². The van der Waals surface area contributed by atoms with E-state index >= 15 is 0 Å². The molecule has 3 rings (SSSR count). The number of carbonyl (C=O) groups excluding carboxylic acids is 1. The molecule has 18 heavy (non-hydrogen) atoms. The Balaban J connectivity index is 1.97. The number of para-hydroxylation sites is 1. The molecule has 90 valence electrons. The summed E-state index contributed by atoms with van der Waals surface area (Å²) in [4.78, 5) is 19.2. The molecule has 0 aliphatic heterocycles. The molecule has 0 atom stereocenters. The Morgan fingerprint density at radius 1 is 1.39 bits per heavy atom. The van der Waals surface area contributed by atoms with Crippen LogP contribution in [0.1, 0.15) is 10.4 Å². The highest BCUT2D eigenvalue weighted by atomic mass is 16.1. The highest BCUT2D eigenvalue weighted by Gasteiger charge is 2.12. The minimum absolute atomic E-state index is 0.209. The van der Waals surface area contributed by atoms with Crippen molar-refractivity contribution in [2.75, 3.05) is 5.32 Å². The number of carbonyl (C=O) groups is 1. The number of fused-ring (bicyclic) bond motifs is 1. The number of hydrogen-bond donors (Lipinski definition) is 2. The number of aromatic amines is 1. The first-order valence-electron chi connectivity index (χ1n) is 5.47. The van der Waals surface area contributed by atoms with Gasteiger partial charge in [-0.05, 0) is 12.1 Å². The number of benzene rings is 1. The third-order valence-corrected chi connectivity index (χ3v) is 2.77. The molecule has 0 unspecified atom stereocenters. The maximum absolute atomic E-state index is 12.2. The maximum atomic E-state index is 12.2. The molecule has 1 aromatic carbocycles. The average Bonchev–Trinajstić information content (AvgIpc) is 2.98. The van der Waals surface area contributed by atoms with Gasteiger partial charge in [-0.1, -0.05) is 12.1 Å². The summed E-state index contributed by atoms with van der Waals surface area (Å²) in [6.07, 6.45) is 3.20. The predicted molar refractivity (Wildman–Crippen MR) is 67.3 cm³/mol. The number of nitrogens with one attached hydrogen (secondary N) is 2. The van der Waals surface area contributed by atoms with Gasteiger partial charge < -0.3 is 4.98 Å². The van der Waals surface area contributed by atoms with Gasteiger partial charge >= 0.3 is 0 Å². The van der Waals surface area contributed by atoms with Crippen LogP contribution in [0.25, 0.3) is 10.9 Å². The van der Waals surface area contributed by atoms with Crippen molar-refractivity contribution in [3.05, 3.63) is 42.4 Å². The molecule has 0 bridgehead atoms. The van der Waals surface area contributed by atoms with Crippen LogP contribution in [0, 0.1) is 0 Å². The van der Waals surface area contributed by atoms with Gasteiger partial charge in [-0.3, -0.25) is 10.1 Å². The van der Waals surface area contributed by atoms with Crippen molar-refractivity contribution in [2.45, 2.75) is 0 Å². The van der Waals surface area contributed by atoms with Crippen LogP contribution in [0.15, 0.2) is 36.8 Å². The van der Waals surface area contributed by atoms with Crippen molar-refractivity contribution in [3.8, 4) is 0 Å². The zero-order valence-electron chi connectivity index (χ0n) is 9.71. The standard InChI is InChI=1S/C12H11N5O/c1-17-12(14-7-15-17)16-11(18)9-4-2-3-8-5-6-13-10(8)9/h2-7,13H,1H3,(H,14,15,16,18). The van der Waals surface area contributed by atoms with E-state index in [1.807, 2.05) is 24.4 Å². The van der Waals surface area contributed by atoms with E-state index in [4.69, 9.17) is 0 Å². The van der Waals surface area contributed by atoms with Crippen molar-refractivity contribution < 1.29 is 4.79 Å². The lowest BCUT2D eigenvalue weighted by atomic mass is 10.1. The smallest absolute Gasteiger partial charge is 0.260 e. The third-order valence-electron chi connectivity index (χ3n) is 2.77. The molecule has 0 fully saturated rings. The average molecular weight is 241 g/mol. The summed E-state index contributed by atoms with van der Waals surface area (Å²) in [5.74, 6) is 0.211. The molecular formula is C12H11N5O. The van der Waals surface area contributed by atoms with Crippen LogP contribution in [0.5, 0.6) is 0 Å². The molecule has 6 nitrogen and oxygen atoms in total.